The van der Waals surface area contributed by atoms with Gasteiger partial charge in [0.1, 0.15) is 5.50 Å². The molecule has 0 aliphatic carbocycles. The van der Waals surface area contributed by atoms with Gasteiger partial charge in [-0.3, -0.25) is 4.98 Å². The Bertz CT molecular complexity index is 1070. The molecule has 0 bridgehead atoms. The van der Waals surface area contributed by atoms with Crippen molar-refractivity contribution in [2.45, 2.75) is 24.1 Å². The number of thioether (sulfide) groups is 1. The number of aromatic nitrogens is 1. The van der Waals surface area contributed by atoms with Gasteiger partial charge in [0.05, 0.1) is 5.56 Å². The molecule has 156 valence electrons. The molecule has 0 amide bonds. The molecule has 4 N–H and O–H groups in total. The summed E-state index contributed by atoms with van der Waals surface area (Å²) < 4.78 is 38.1. The Morgan fingerprint density at radius 3 is 2.57 bits per heavy atom. The first-order chi connectivity index (χ1) is 14.3. The van der Waals surface area contributed by atoms with Gasteiger partial charge in [-0.1, -0.05) is 36.0 Å². The highest BCUT2D eigenvalue weighted by atomic mass is 32.2. The van der Waals surface area contributed by atoms with E-state index in [1.807, 2.05) is 35.5 Å². The fourth-order valence-electron chi connectivity index (χ4n) is 3.46. The molecular formula is C22H21F3N4S. The lowest BCUT2D eigenvalue weighted by atomic mass is 10.0. The van der Waals surface area contributed by atoms with Crippen LogP contribution in [0.2, 0.25) is 0 Å². The number of pyridine rings is 1. The molecule has 0 saturated heterocycles. The average Bonchev–Trinajstić information content (AvgIpc) is 3.07. The molecule has 0 saturated carbocycles. The summed E-state index contributed by atoms with van der Waals surface area (Å²) in [5.41, 5.74) is 13.5. The van der Waals surface area contributed by atoms with E-state index in [4.69, 9.17) is 11.5 Å². The van der Waals surface area contributed by atoms with E-state index in [0.29, 0.717) is 13.0 Å². The molecular weight excluding hydrogens is 409 g/mol. The van der Waals surface area contributed by atoms with Crippen LogP contribution in [0.5, 0.6) is 0 Å². The number of alkyl halides is 3. The summed E-state index contributed by atoms with van der Waals surface area (Å²) in [6.07, 6.45) is 1.73. The Morgan fingerprint density at radius 1 is 1.07 bits per heavy atom. The minimum Gasteiger partial charge on any atom is -0.351 e. The van der Waals surface area contributed by atoms with Crippen LogP contribution in [0.1, 0.15) is 16.7 Å². The second-order valence-electron chi connectivity index (χ2n) is 7.30. The van der Waals surface area contributed by atoms with Gasteiger partial charge in [0.15, 0.2) is 0 Å². The molecule has 4 nitrogen and oxygen atoms in total. The number of benzene rings is 2. The van der Waals surface area contributed by atoms with Gasteiger partial charge in [0.2, 0.25) is 0 Å². The summed E-state index contributed by atoms with van der Waals surface area (Å²) in [5, 5.41) is 2.18. The van der Waals surface area contributed by atoms with Crippen LogP contribution in [0, 0.1) is 0 Å². The first kappa shape index (κ1) is 20.7. The summed E-state index contributed by atoms with van der Waals surface area (Å²) in [7, 11) is 0. The maximum Gasteiger partial charge on any atom is 0.416 e. The van der Waals surface area contributed by atoms with Crippen molar-refractivity contribution in [1.29, 1.82) is 0 Å². The maximum absolute atomic E-state index is 12.7. The molecule has 0 spiro atoms. The first-order valence-corrected chi connectivity index (χ1v) is 10.3. The number of fused-ring (bicyclic) bond motifs is 1. The van der Waals surface area contributed by atoms with E-state index in [9.17, 15) is 13.2 Å². The Morgan fingerprint density at radius 2 is 1.83 bits per heavy atom. The SMILES string of the molecule is NC1SC(c2ccc3cnccc3c2)=CN1C[C@H](N)Cc1ccc(C(F)(F)F)cc1. The number of hydrogen-bond donors (Lipinski definition) is 2. The fourth-order valence-corrected chi connectivity index (χ4v) is 4.46. The largest absolute Gasteiger partial charge is 0.416 e. The van der Waals surface area contributed by atoms with Crippen LogP contribution in [-0.2, 0) is 12.6 Å². The predicted molar refractivity (Wildman–Crippen MR) is 115 cm³/mol. The van der Waals surface area contributed by atoms with E-state index in [2.05, 4.69) is 11.1 Å². The lowest BCUT2D eigenvalue weighted by molar-refractivity contribution is -0.137. The molecule has 2 aromatic carbocycles. The quantitative estimate of drug-likeness (QED) is 0.628. The fraction of sp³-hybridized carbons (Fsp3) is 0.227. The van der Waals surface area contributed by atoms with Crippen molar-refractivity contribution in [3.8, 4) is 0 Å². The third kappa shape index (κ3) is 4.61. The van der Waals surface area contributed by atoms with Crippen LogP contribution >= 0.6 is 11.8 Å². The molecule has 2 heterocycles. The van der Waals surface area contributed by atoms with Gasteiger partial charge in [0, 0.05) is 41.5 Å². The van der Waals surface area contributed by atoms with Crippen molar-refractivity contribution >= 4 is 27.4 Å². The summed E-state index contributed by atoms with van der Waals surface area (Å²) in [5.74, 6) is 0. The van der Waals surface area contributed by atoms with Crippen molar-refractivity contribution in [1.82, 2.24) is 9.88 Å². The minimum atomic E-state index is -4.33. The van der Waals surface area contributed by atoms with E-state index in [1.165, 1.54) is 12.1 Å². The topological polar surface area (TPSA) is 68.2 Å². The van der Waals surface area contributed by atoms with Gasteiger partial charge < -0.3 is 16.4 Å². The van der Waals surface area contributed by atoms with E-state index >= 15 is 0 Å². The molecule has 3 aromatic rings. The molecule has 30 heavy (non-hydrogen) atoms. The molecule has 0 radical (unpaired) electrons. The molecule has 1 aliphatic heterocycles. The monoisotopic (exact) mass is 430 g/mol. The van der Waals surface area contributed by atoms with Gasteiger partial charge >= 0.3 is 6.18 Å². The van der Waals surface area contributed by atoms with Crippen molar-refractivity contribution in [2.75, 3.05) is 6.54 Å². The van der Waals surface area contributed by atoms with E-state index in [-0.39, 0.29) is 11.5 Å². The summed E-state index contributed by atoms with van der Waals surface area (Å²) in [6.45, 7) is 0.510. The standard InChI is InChI=1S/C22H21F3N4S/c23-22(24,25)18-5-1-14(2-6-18)9-19(26)12-29-13-20(30-21(29)27)16-3-4-17-11-28-8-7-15(17)10-16/h1-8,10-11,13,19,21H,9,12,26-27H2/t19-,21?/m1/s1. The molecule has 2 atom stereocenters. The molecule has 1 aliphatic rings. The van der Waals surface area contributed by atoms with Gasteiger partial charge in [-0.15, -0.1) is 0 Å². The number of rotatable bonds is 5. The van der Waals surface area contributed by atoms with Gasteiger partial charge in [0.25, 0.3) is 0 Å². The number of halogens is 3. The van der Waals surface area contributed by atoms with Crippen LogP contribution in [0.25, 0.3) is 15.7 Å². The number of nitrogens with two attached hydrogens (primary N) is 2. The highest BCUT2D eigenvalue weighted by Crippen LogP contribution is 2.38. The maximum atomic E-state index is 12.7. The zero-order valence-corrected chi connectivity index (χ0v) is 16.8. The average molecular weight is 430 g/mol. The summed E-state index contributed by atoms with van der Waals surface area (Å²) in [4.78, 5) is 7.17. The van der Waals surface area contributed by atoms with Gasteiger partial charge in [-0.25, -0.2) is 0 Å². The zero-order chi connectivity index (χ0) is 21.3. The second-order valence-corrected chi connectivity index (χ2v) is 8.45. The van der Waals surface area contributed by atoms with Crippen LogP contribution in [0.3, 0.4) is 0 Å². The highest BCUT2D eigenvalue weighted by molar-refractivity contribution is 8.09. The Labute approximate surface area is 176 Å². The van der Waals surface area contributed by atoms with Crippen LogP contribution in [0.15, 0.2) is 67.1 Å². The summed E-state index contributed by atoms with van der Waals surface area (Å²) in [6, 6.07) is 13.0. The lowest BCUT2D eigenvalue weighted by Gasteiger charge is -2.24. The second kappa shape index (κ2) is 8.29. The predicted octanol–water partition coefficient (Wildman–Crippen LogP) is 4.41. The summed E-state index contributed by atoms with van der Waals surface area (Å²) >= 11 is 1.56. The van der Waals surface area contributed by atoms with Crippen LogP contribution in [0.4, 0.5) is 13.2 Å². The molecule has 8 heteroatoms. The number of hydrogen-bond acceptors (Lipinski definition) is 5. The van der Waals surface area contributed by atoms with Crippen molar-refractivity contribution in [2.24, 2.45) is 11.5 Å². The van der Waals surface area contributed by atoms with Crippen molar-refractivity contribution in [3.63, 3.8) is 0 Å². The van der Waals surface area contributed by atoms with Crippen molar-refractivity contribution < 1.29 is 13.2 Å². The van der Waals surface area contributed by atoms with Crippen molar-refractivity contribution in [3.05, 3.63) is 83.8 Å². The molecule has 1 unspecified atom stereocenters. The third-order valence-electron chi connectivity index (χ3n) is 5.01. The third-order valence-corrected chi connectivity index (χ3v) is 6.11. The Balaban J connectivity index is 1.43. The lowest BCUT2D eigenvalue weighted by Crippen LogP contribution is -2.42. The molecule has 1 aromatic heterocycles. The van der Waals surface area contributed by atoms with E-state index in [1.54, 1.807) is 18.0 Å². The Hall–Kier alpha value is -2.55. The normalized spacial score (nSPS) is 18.0. The molecule has 4 rings (SSSR count). The van der Waals surface area contributed by atoms with Crippen LogP contribution < -0.4 is 11.5 Å². The smallest absolute Gasteiger partial charge is 0.351 e. The molecule has 0 fully saturated rings. The van der Waals surface area contributed by atoms with Gasteiger partial charge in [-0.05, 0) is 47.2 Å². The van der Waals surface area contributed by atoms with Crippen LogP contribution in [-0.4, -0.2) is 28.0 Å². The number of nitrogens with zero attached hydrogens (tertiary/aromatic N) is 2. The van der Waals surface area contributed by atoms with E-state index < -0.39 is 11.7 Å². The Kier molecular flexibility index (Phi) is 5.73. The first-order valence-electron chi connectivity index (χ1n) is 9.45. The van der Waals surface area contributed by atoms with Gasteiger partial charge in [-0.2, -0.15) is 13.2 Å². The van der Waals surface area contributed by atoms with E-state index in [0.717, 1.165) is 38.9 Å². The highest BCUT2D eigenvalue weighted by Gasteiger charge is 2.30. The zero-order valence-electron chi connectivity index (χ0n) is 16.0. The minimum absolute atomic E-state index is 0.258.